The molecule has 0 unspecified atom stereocenters. The number of nitrogens with one attached hydrogen (secondary N) is 2. The normalized spacial score (nSPS) is 13.4. The fraction of sp³-hybridized carbons (Fsp3) is 0.259. The van der Waals surface area contributed by atoms with Gasteiger partial charge in [0, 0.05) is 18.3 Å². The molecule has 0 saturated carbocycles. The van der Waals surface area contributed by atoms with Gasteiger partial charge in [-0.05, 0) is 74.3 Å². The number of hydrogen-bond donors (Lipinski definition) is 3. The van der Waals surface area contributed by atoms with E-state index in [0.717, 1.165) is 48.3 Å². The smallest absolute Gasteiger partial charge is 0.161 e. The third kappa shape index (κ3) is 6.67. The van der Waals surface area contributed by atoms with E-state index >= 15 is 0 Å². The molecule has 172 valence electrons. The number of rotatable bonds is 6. The number of ketones is 1. The Balaban J connectivity index is 0.000000186. The molecule has 1 aliphatic heterocycles. The topological polar surface area (TPSA) is 87.7 Å². The molecule has 1 saturated heterocycles. The lowest BCUT2D eigenvalue weighted by Gasteiger charge is -2.23. The maximum atomic E-state index is 11.4. The summed E-state index contributed by atoms with van der Waals surface area (Å²) in [5.74, 6) is 0.716. The molecule has 0 spiro atoms. The summed E-state index contributed by atoms with van der Waals surface area (Å²) in [5, 5.41) is 15.7. The molecule has 0 aliphatic carbocycles. The third-order valence-corrected chi connectivity index (χ3v) is 5.49. The zero-order chi connectivity index (χ0) is 23.6. The lowest BCUT2D eigenvalue weighted by atomic mass is 10.0. The third-order valence-electron chi connectivity index (χ3n) is 5.49. The van der Waals surface area contributed by atoms with Gasteiger partial charge in [0.2, 0.25) is 0 Å². The van der Waals surface area contributed by atoms with Gasteiger partial charge in [0.1, 0.15) is 17.6 Å². The zero-order valence-corrected chi connectivity index (χ0v) is 19.0. The Hall–Kier alpha value is -3.64. The molecule has 0 amide bonds. The molecule has 0 radical (unpaired) electrons. The van der Waals surface area contributed by atoms with Crippen molar-refractivity contribution < 1.29 is 19.4 Å². The van der Waals surface area contributed by atoms with Crippen LogP contribution in [-0.4, -0.2) is 43.4 Å². The summed E-state index contributed by atoms with van der Waals surface area (Å²) in [7, 11) is 1.83. The summed E-state index contributed by atoms with van der Waals surface area (Å²) in [5.41, 5.74) is 4.14. The molecule has 1 heterocycles. The first-order valence-corrected chi connectivity index (χ1v) is 11.1. The van der Waals surface area contributed by atoms with E-state index in [1.165, 1.54) is 6.07 Å². The van der Waals surface area contributed by atoms with Gasteiger partial charge in [-0.3, -0.25) is 9.59 Å². The average molecular weight is 447 g/mol. The van der Waals surface area contributed by atoms with Crippen molar-refractivity contribution in [2.75, 3.05) is 25.5 Å². The molecular weight excluding hydrogens is 416 g/mol. The number of Topliss-reactive ketones (excluding diaryl/α,β-unsaturated/α-hetero) is 1. The van der Waals surface area contributed by atoms with Crippen LogP contribution in [0.15, 0.2) is 66.7 Å². The number of phenolic OH excluding ortho intramolecular Hbond substituents is 1. The van der Waals surface area contributed by atoms with E-state index in [1.54, 1.807) is 19.1 Å². The molecule has 33 heavy (non-hydrogen) atoms. The number of ether oxygens (including phenoxy) is 1. The summed E-state index contributed by atoms with van der Waals surface area (Å²) < 4.78 is 5.74. The van der Waals surface area contributed by atoms with Gasteiger partial charge >= 0.3 is 0 Å². The Kier molecular flexibility index (Phi) is 8.61. The second-order valence-corrected chi connectivity index (χ2v) is 7.84. The van der Waals surface area contributed by atoms with Crippen LogP contribution in [0.4, 0.5) is 5.69 Å². The van der Waals surface area contributed by atoms with Gasteiger partial charge in [-0.2, -0.15) is 0 Å². The highest BCUT2D eigenvalue weighted by Crippen LogP contribution is 2.26. The molecule has 0 bridgehead atoms. The lowest BCUT2D eigenvalue weighted by Crippen LogP contribution is -2.34. The summed E-state index contributed by atoms with van der Waals surface area (Å²) >= 11 is 0. The first-order chi connectivity index (χ1) is 16.0. The number of aldehydes is 1. The van der Waals surface area contributed by atoms with E-state index in [0.29, 0.717) is 12.0 Å². The van der Waals surface area contributed by atoms with Gasteiger partial charge in [-0.25, -0.2) is 0 Å². The van der Waals surface area contributed by atoms with E-state index in [4.69, 9.17) is 4.74 Å². The fourth-order valence-corrected chi connectivity index (χ4v) is 3.67. The van der Waals surface area contributed by atoms with Crippen LogP contribution < -0.4 is 15.4 Å². The summed E-state index contributed by atoms with van der Waals surface area (Å²) in [6.45, 7) is 3.50. The largest absolute Gasteiger partial charge is 0.507 e. The Bertz CT molecular complexity index is 1080. The maximum absolute atomic E-state index is 11.4. The Morgan fingerprint density at radius 2 is 1.76 bits per heavy atom. The number of anilines is 1. The molecule has 3 N–H and O–H groups in total. The SMILES string of the molecule is CNc1cc(-c2ccccc2)ccc1C(C)=O.O=Cc1cc(OC2CCNCC2)ccc1O. The summed E-state index contributed by atoms with van der Waals surface area (Å²) in [6, 6.07) is 20.7. The molecule has 0 aromatic heterocycles. The maximum Gasteiger partial charge on any atom is 0.161 e. The molecule has 3 aromatic carbocycles. The highest BCUT2D eigenvalue weighted by Gasteiger charge is 2.15. The van der Waals surface area contributed by atoms with Crippen LogP contribution in [0.1, 0.15) is 40.5 Å². The van der Waals surface area contributed by atoms with Crippen LogP contribution in [0.2, 0.25) is 0 Å². The van der Waals surface area contributed by atoms with Crippen molar-refractivity contribution in [2.24, 2.45) is 0 Å². The first-order valence-electron chi connectivity index (χ1n) is 11.1. The monoisotopic (exact) mass is 446 g/mol. The Morgan fingerprint density at radius 3 is 2.39 bits per heavy atom. The molecule has 6 nitrogen and oxygen atoms in total. The molecule has 0 atom stereocenters. The van der Waals surface area contributed by atoms with Crippen molar-refractivity contribution in [1.29, 1.82) is 0 Å². The number of phenols is 1. The van der Waals surface area contributed by atoms with Crippen LogP contribution in [0.25, 0.3) is 11.1 Å². The van der Waals surface area contributed by atoms with E-state index < -0.39 is 0 Å². The number of carbonyl (C=O) groups is 2. The van der Waals surface area contributed by atoms with Gasteiger partial charge in [0.15, 0.2) is 12.1 Å². The molecule has 3 aromatic rings. The number of carbonyl (C=O) groups excluding carboxylic acids is 2. The van der Waals surface area contributed by atoms with Crippen molar-refractivity contribution in [1.82, 2.24) is 5.32 Å². The van der Waals surface area contributed by atoms with E-state index in [1.807, 2.05) is 43.4 Å². The van der Waals surface area contributed by atoms with Crippen molar-refractivity contribution in [3.8, 4) is 22.6 Å². The van der Waals surface area contributed by atoms with Crippen molar-refractivity contribution in [2.45, 2.75) is 25.9 Å². The quantitative estimate of drug-likeness (QED) is 0.367. The minimum atomic E-state index is -0.00680. The standard InChI is InChI=1S/C15H15NO.C12H15NO3/c1-11(17)14-9-8-13(10-15(14)16-2)12-6-4-3-5-7-12;14-8-9-7-11(1-2-12(9)15)16-10-3-5-13-6-4-10/h3-10,16H,1-2H3;1-2,7-8,10,13,15H,3-6H2. The first kappa shape index (κ1) is 24.0. The molecule has 1 fully saturated rings. The zero-order valence-electron chi connectivity index (χ0n) is 19.0. The van der Waals surface area contributed by atoms with Crippen LogP contribution in [-0.2, 0) is 0 Å². The van der Waals surface area contributed by atoms with Gasteiger partial charge in [0.25, 0.3) is 0 Å². The fourth-order valence-electron chi connectivity index (χ4n) is 3.67. The average Bonchev–Trinajstić information content (AvgIpc) is 2.86. The molecule has 6 heteroatoms. The predicted octanol–water partition coefficient (Wildman–Crippen LogP) is 4.93. The van der Waals surface area contributed by atoms with Crippen molar-refractivity contribution >= 4 is 17.8 Å². The van der Waals surface area contributed by atoms with Crippen LogP contribution in [0, 0.1) is 0 Å². The summed E-state index contributed by atoms with van der Waals surface area (Å²) in [6.07, 6.45) is 2.77. The minimum absolute atomic E-state index is 0.00680. The van der Waals surface area contributed by atoms with Gasteiger partial charge in [0.05, 0.1) is 5.56 Å². The highest BCUT2D eigenvalue weighted by atomic mass is 16.5. The van der Waals surface area contributed by atoms with E-state index in [2.05, 4.69) is 22.8 Å². The van der Waals surface area contributed by atoms with Gasteiger partial charge in [-0.15, -0.1) is 0 Å². The minimum Gasteiger partial charge on any atom is -0.507 e. The highest BCUT2D eigenvalue weighted by molar-refractivity contribution is 6.00. The van der Waals surface area contributed by atoms with Gasteiger partial charge in [-0.1, -0.05) is 36.4 Å². The summed E-state index contributed by atoms with van der Waals surface area (Å²) in [4.78, 5) is 22.1. The van der Waals surface area contributed by atoms with Crippen LogP contribution >= 0.6 is 0 Å². The van der Waals surface area contributed by atoms with Crippen molar-refractivity contribution in [3.05, 3.63) is 77.9 Å². The lowest BCUT2D eigenvalue weighted by molar-refractivity contribution is 0.101. The number of piperidine rings is 1. The second kappa shape index (κ2) is 11.8. The van der Waals surface area contributed by atoms with E-state index in [9.17, 15) is 14.7 Å². The second-order valence-electron chi connectivity index (χ2n) is 7.84. The van der Waals surface area contributed by atoms with Gasteiger partial charge < -0.3 is 20.5 Å². The number of benzene rings is 3. The molecule has 1 aliphatic rings. The number of aromatic hydroxyl groups is 1. The van der Waals surface area contributed by atoms with Crippen LogP contribution in [0.5, 0.6) is 11.5 Å². The molecular formula is C27H30N2O4. The molecule has 4 rings (SSSR count). The van der Waals surface area contributed by atoms with E-state index in [-0.39, 0.29) is 23.2 Å². The predicted molar refractivity (Wildman–Crippen MR) is 131 cm³/mol. The Morgan fingerprint density at radius 1 is 1.03 bits per heavy atom. The Labute approximate surface area is 194 Å². The van der Waals surface area contributed by atoms with Crippen molar-refractivity contribution in [3.63, 3.8) is 0 Å². The van der Waals surface area contributed by atoms with Crippen LogP contribution in [0.3, 0.4) is 0 Å². The number of hydrogen-bond acceptors (Lipinski definition) is 6.